The fraction of sp³-hybridized carbons (Fsp3) is 0.167. The van der Waals surface area contributed by atoms with E-state index in [4.69, 9.17) is 11.1 Å². The van der Waals surface area contributed by atoms with Crippen LogP contribution in [-0.4, -0.2) is 17.7 Å². The van der Waals surface area contributed by atoms with Gasteiger partial charge in [0, 0.05) is 19.4 Å². The van der Waals surface area contributed by atoms with Gasteiger partial charge in [0.2, 0.25) is 5.96 Å². The zero-order chi connectivity index (χ0) is 7.56. The monoisotopic (exact) mass is 138 g/mol. The lowest BCUT2D eigenvalue weighted by Crippen LogP contribution is -2.40. The average molecular weight is 138 g/mol. The first-order valence-corrected chi connectivity index (χ1v) is 2.93. The van der Waals surface area contributed by atoms with Gasteiger partial charge in [-0.15, -0.1) is 0 Å². The molecule has 0 aliphatic rings. The molecule has 4 nitrogen and oxygen atoms in total. The van der Waals surface area contributed by atoms with Gasteiger partial charge in [0.15, 0.2) is 0 Å². The van der Waals surface area contributed by atoms with Crippen LogP contribution in [-0.2, 0) is 0 Å². The minimum atomic E-state index is 0.0243. The van der Waals surface area contributed by atoms with Gasteiger partial charge in [-0.25, -0.2) is 0 Å². The summed E-state index contributed by atoms with van der Waals surface area (Å²) in [5.41, 5.74) is 5.22. The Hall–Kier alpha value is -1.45. The highest BCUT2D eigenvalue weighted by Crippen LogP contribution is 1.88. The van der Waals surface area contributed by atoms with Gasteiger partial charge in [-0.05, 0) is 12.1 Å². The second-order valence-corrected chi connectivity index (χ2v) is 1.97. The van der Waals surface area contributed by atoms with Gasteiger partial charge < -0.3 is 5.73 Å². The second-order valence-electron chi connectivity index (χ2n) is 1.97. The van der Waals surface area contributed by atoms with Crippen molar-refractivity contribution in [2.75, 3.05) is 12.1 Å². The lowest BCUT2D eigenvalue weighted by atomic mass is 10.7. The highest BCUT2D eigenvalue weighted by Gasteiger charge is 1.97. The summed E-state index contributed by atoms with van der Waals surface area (Å²) in [6.45, 7) is 0. The Morgan fingerprint density at radius 3 is 2.40 bits per heavy atom. The number of nitrogens with one attached hydrogen (secondary N) is 1. The molecule has 0 atom stereocenters. The maximum Gasteiger partial charge on any atom is 0.207 e. The smallest absolute Gasteiger partial charge is 0.207 e. The standard InChI is InChI=1S/C6H10N4/c1-9(6(7)8)10-4-2-3-5-10/h2-5H,1H3,(H3,7,8). The predicted molar refractivity (Wildman–Crippen MR) is 40.5 cm³/mol. The molecule has 0 aliphatic carbocycles. The van der Waals surface area contributed by atoms with E-state index in [1.807, 2.05) is 24.5 Å². The van der Waals surface area contributed by atoms with E-state index in [1.165, 1.54) is 5.01 Å². The van der Waals surface area contributed by atoms with Crippen molar-refractivity contribution >= 4 is 5.96 Å². The van der Waals surface area contributed by atoms with E-state index in [2.05, 4.69) is 0 Å². The van der Waals surface area contributed by atoms with Crippen molar-refractivity contribution in [3.05, 3.63) is 24.5 Å². The fourth-order valence-corrected chi connectivity index (χ4v) is 0.650. The quantitative estimate of drug-likeness (QED) is 0.422. The summed E-state index contributed by atoms with van der Waals surface area (Å²) in [4.78, 5) is 0. The Morgan fingerprint density at radius 1 is 1.50 bits per heavy atom. The highest BCUT2D eigenvalue weighted by atomic mass is 15.6. The molecule has 0 radical (unpaired) electrons. The normalized spacial score (nSPS) is 9.30. The molecule has 1 aromatic rings. The molecule has 0 aliphatic heterocycles. The van der Waals surface area contributed by atoms with Crippen molar-refractivity contribution in [3.63, 3.8) is 0 Å². The molecule has 4 heteroatoms. The highest BCUT2D eigenvalue weighted by molar-refractivity contribution is 5.84. The lowest BCUT2D eigenvalue weighted by molar-refractivity contribution is 0.794. The summed E-state index contributed by atoms with van der Waals surface area (Å²) in [5.74, 6) is 0.0243. The Kier molecular flexibility index (Phi) is 1.62. The number of guanidine groups is 1. The van der Waals surface area contributed by atoms with Crippen molar-refractivity contribution in [2.45, 2.75) is 0 Å². The molecule has 0 bridgehead atoms. The van der Waals surface area contributed by atoms with Crippen LogP contribution >= 0.6 is 0 Å². The van der Waals surface area contributed by atoms with E-state index in [0.29, 0.717) is 0 Å². The number of hydrogen-bond acceptors (Lipinski definition) is 1. The average Bonchev–Trinajstić information content (AvgIpc) is 2.36. The Morgan fingerprint density at radius 2 is 2.00 bits per heavy atom. The zero-order valence-corrected chi connectivity index (χ0v) is 5.78. The number of aromatic nitrogens is 1. The summed E-state index contributed by atoms with van der Waals surface area (Å²) < 4.78 is 1.72. The largest absolute Gasteiger partial charge is 0.369 e. The minimum absolute atomic E-state index is 0.0243. The topological polar surface area (TPSA) is 58.0 Å². The molecule has 3 N–H and O–H groups in total. The maximum absolute atomic E-state index is 7.06. The first-order chi connectivity index (χ1) is 4.72. The van der Waals surface area contributed by atoms with Crippen LogP contribution in [0, 0.1) is 5.41 Å². The van der Waals surface area contributed by atoms with Gasteiger partial charge in [-0.2, -0.15) is 0 Å². The molecule has 0 amide bonds. The molecule has 0 aromatic carbocycles. The van der Waals surface area contributed by atoms with Gasteiger partial charge in [-0.3, -0.25) is 15.1 Å². The summed E-state index contributed by atoms with van der Waals surface area (Å²) in [6, 6.07) is 3.75. The third kappa shape index (κ3) is 1.10. The Labute approximate surface area is 59.3 Å². The van der Waals surface area contributed by atoms with Crippen LogP contribution in [0.25, 0.3) is 0 Å². The molecule has 10 heavy (non-hydrogen) atoms. The first kappa shape index (κ1) is 6.67. The minimum Gasteiger partial charge on any atom is -0.369 e. The van der Waals surface area contributed by atoms with Crippen molar-refractivity contribution < 1.29 is 0 Å². The SMILES string of the molecule is CN(C(=N)N)n1cccc1. The molecule has 0 saturated heterocycles. The van der Waals surface area contributed by atoms with E-state index in [9.17, 15) is 0 Å². The van der Waals surface area contributed by atoms with Crippen LogP contribution < -0.4 is 10.7 Å². The molecule has 1 rings (SSSR count). The van der Waals surface area contributed by atoms with Crippen LogP contribution in [0.2, 0.25) is 0 Å². The molecule has 1 aromatic heterocycles. The second kappa shape index (κ2) is 2.43. The Bertz CT molecular complexity index is 214. The maximum atomic E-state index is 7.06. The van der Waals surface area contributed by atoms with Gasteiger partial charge >= 0.3 is 0 Å². The van der Waals surface area contributed by atoms with Crippen LogP contribution in [0.1, 0.15) is 0 Å². The number of nitrogens with two attached hydrogens (primary N) is 1. The van der Waals surface area contributed by atoms with E-state index in [1.54, 1.807) is 11.7 Å². The summed E-state index contributed by atoms with van der Waals surface area (Å²) in [5, 5.41) is 8.59. The molecule has 0 fully saturated rings. The molecule has 1 heterocycles. The number of nitrogens with zero attached hydrogens (tertiary/aromatic N) is 2. The van der Waals surface area contributed by atoms with E-state index in [-0.39, 0.29) is 5.96 Å². The fourth-order valence-electron chi connectivity index (χ4n) is 0.650. The molecule has 0 spiro atoms. The molecular weight excluding hydrogens is 128 g/mol. The van der Waals surface area contributed by atoms with Crippen molar-refractivity contribution in [1.82, 2.24) is 4.68 Å². The van der Waals surface area contributed by atoms with Gasteiger partial charge in [-0.1, -0.05) is 0 Å². The molecule has 54 valence electrons. The first-order valence-electron chi connectivity index (χ1n) is 2.93. The van der Waals surface area contributed by atoms with Crippen LogP contribution in [0.15, 0.2) is 24.5 Å². The van der Waals surface area contributed by atoms with Gasteiger partial charge in [0.1, 0.15) is 0 Å². The molecule has 0 saturated carbocycles. The van der Waals surface area contributed by atoms with Crippen LogP contribution in [0.5, 0.6) is 0 Å². The van der Waals surface area contributed by atoms with Crippen molar-refractivity contribution in [3.8, 4) is 0 Å². The van der Waals surface area contributed by atoms with E-state index >= 15 is 0 Å². The van der Waals surface area contributed by atoms with Crippen molar-refractivity contribution in [1.29, 1.82) is 5.41 Å². The van der Waals surface area contributed by atoms with Crippen LogP contribution in [0.3, 0.4) is 0 Å². The van der Waals surface area contributed by atoms with Crippen LogP contribution in [0.4, 0.5) is 0 Å². The number of rotatable bonds is 1. The summed E-state index contributed by atoms with van der Waals surface area (Å²) >= 11 is 0. The van der Waals surface area contributed by atoms with E-state index in [0.717, 1.165) is 0 Å². The molecule has 0 unspecified atom stereocenters. The summed E-state index contributed by atoms with van der Waals surface area (Å²) in [7, 11) is 1.72. The third-order valence-corrected chi connectivity index (χ3v) is 1.28. The van der Waals surface area contributed by atoms with Gasteiger partial charge in [0.05, 0.1) is 0 Å². The van der Waals surface area contributed by atoms with Crippen molar-refractivity contribution in [2.24, 2.45) is 5.73 Å². The van der Waals surface area contributed by atoms with Gasteiger partial charge in [0.25, 0.3) is 0 Å². The predicted octanol–water partition coefficient (Wildman–Crippen LogP) is -0.0506. The lowest BCUT2D eigenvalue weighted by Gasteiger charge is -2.17. The summed E-state index contributed by atoms with van der Waals surface area (Å²) in [6.07, 6.45) is 3.64. The zero-order valence-electron chi connectivity index (χ0n) is 5.78. The number of hydrogen-bond donors (Lipinski definition) is 2. The third-order valence-electron chi connectivity index (χ3n) is 1.28. The molecular formula is C6H10N4. The van der Waals surface area contributed by atoms with E-state index < -0.39 is 0 Å². The Balaban J connectivity index is 2.77.